The van der Waals surface area contributed by atoms with Gasteiger partial charge in [0.05, 0.1) is 21.8 Å². The van der Waals surface area contributed by atoms with Crippen molar-refractivity contribution in [2.45, 2.75) is 6.04 Å². The topological polar surface area (TPSA) is 79.7 Å². The summed E-state index contributed by atoms with van der Waals surface area (Å²) >= 11 is 7.39. The fourth-order valence-electron chi connectivity index (χ4n) is 3.99. The van der Waals surface area contributed by atoms with Gasteiger partial charge in [-0.25, -0.2) is 4.98 Å². The van der Waals surface area contributed by atoms with Crippen LogP contribution in [0.25, 0.3) is 16.0 Å². The first-order valence-electron chi connectivity index (χ1n) is 10.7. The third kappa shape index (κ3) is 4.20. The Hall–Kier alpha value is -3.94. The van der Waals surface area contributed by atoms with Gasteiger partial charge < -0.3 is 9.84 Å². The molecule has 3 aromatic carbocycles. The van der Waals surface area contributed by atoms with Gasteiger partial charge in [0.15, 0.2) is 5.13 Å². The second-order valence-corrected chi connectivity index (χ2v) is 9.26. The van der Waals surface area contributed by atoms with Crippen LogP contribution in [-0.2, 0) is 9.59 Å². The van der Waals surface area contributed by atoms with E-state index in [1.165, 1.54) is 16.2 Å². The van der Waals surface area contributed by atoms with Crippen LogP contribution < -0.4 is 9.64 Å². The molecule has 1 unspecified atom stereocenters. The number of fused-ring (bicyclic) bond motifs is 1. The molecule has 0 saturated carbocycles. The summed E-state index contributed by atoms with van der Waals surface area (Å²) in [5, 5.41) is 12.0. The van der Waals surface area contributed by atoms with Crippen molar-refractivity contribution in [2.24, 2.45) is 0 Å². The quantitative estimate of drug-likeness (QED) is 0.148. The Bertz CT molecular complexity index is 1480. The Morgan fingerprint density at radius 3 is 2.57 bits per heavy atom. The van der Waals surface area contributed by atoms with Gasteiger partial charge in [-0.1, -0.05) is 78.1 Å². The number of anilines is 1. The fourth-order valence-corrected chi connectivity index (χ4v) is 5.26. The SMILES string of the molecule is C=CCOc1ccc(C2/C(=C(\O)c3ccccc3)C(=O)C(=O)N2c2nc3ccc(Cl)cc3s2)cc1. The summed E-state index contributed by atoms with van der Waals surface area (Å²) in [4.78, 5) is 32.5. The van der Waals surface area contributed by atoms with Crippen molar-refractivity contribution in [3.63, 3.8) is 0 Å². The molecule has 1 aliphatic heterocycles. The lowest BCUT2D eigenvalue weighted by molar-refractivity contribution is -0.132. The summed E-state index contributed by atoms with van der Waals surface area (Å²) < 4.78 is 6.35. The molecule has 174 valence electrons. The van der Waals surface area contributed by atoms with Crippen LogP contribution in [0.4, 0.5) is 5.13 Å². The zero-order valence-corrected chi connectivity index (χ0v) is 19.9. The van der Waals surface area contributed by atoms with E-state index in [9.17, 15) is 14.7 Å². The smallest absolute Gasteiger partial charge is 0.301 e. The molecule has 1 aliphatic rings. The molecule has 1 N–H and O–H groups in total. The zero-order chi connectivity index (χ0) is 24.5. The number of thiazole rings is 1. The van der Waals surface area contributed by atoms with E-state index in [0.29, 0.717) is 39.2 Å². The number of carbonyl (C=O) groups excluding carboxylic acids is 2. The van der Waals surface area contributed by atoms with Crippen molar-refractivity contribution >= 4 is 55.7 Å². The number of aromatic nitrogens is 1. The second-order valence-electron chi connectivity index (χ2n) is 7.81. The molecule has 8 heteroatoms. The van der Waals surface area contributed by atoms with Crippen molar-refractivity contribution in [1.29, 1.82) is 0 Å². The van der Waals surface area contributed by atoms with Gasteiger partial charge in [0.25, 0.3) is 5.78 Å². The van der Waals surface area contributed by atoms with E-state index < -0.39 is 17.7 Å². The van der Waals surface area contributed by atoms with Crippen LogP contribution in [0, 0.1) is 0 Å². The third-order valence-electron chi connectivity index (χ3n) is 5.60. The van der Waals surface area contributed by atoms with Gasteiger partial charge in [0, 0.05) is 10.6 Å². The van der Waals surface area contributed by atoms with Crippen LogP contribution in [-0.4, -0.2) is 28.4 Å². The van der Waals surface area contributed by atoms with E-state index in [0.717, 1.165) is 4.70 Å². The zero-order valence-electron chi connectivity index (χ0n) is 18.3. The predicted octanol–water partition coefficient (Wildman–Crippen LogP) is 6.14. The number of benzene rings is 3. The van der Waals surface area contributed by atoms with Gasteiger partial charge in [0.2, 0.25) is 0 Å². The molecule has 6 nitrogen and oxygen atoms in total. The molecule has 5 rings (SSSR count). The second kappa shape index (κ2) is 9.37. The van der Waals surface area contributed by atoms with E-state index in [-0.39, 0.29) is 11.3 Å². The number of aliphatic hydroxyl groups is 1. The monoisotopic (exact) mass is 502 g/mol. The van der Waals surface area contributed by atoms with Crippen molar-refractivity contribution in [1.82, 2.24) is 4.98 Å². The average molecular weight is 503 g/mol. The number of hydrogen-bond donors (Lipinski definition) is 1. The van der Waals surface area contributed by atoms with Gasteiger partial charge >= 0.3 is 5.91 Å². The lowest BCUT2D eigenvalue weighted by atomic mass is 9.95. The molecule has 35 heavy (non-hydrogen) atoms. The number of carbonyl (C=O) groups is 2. The van der Waals surface area contributed by atoms with E-state index in [4.69, 9.17) is 16.3 Å². The number of ketones is 1. The maximum atomic E-state index is 13.3. The number of hydrogen-bond acceptors (Lipinski definition) is 6. The Morgan fingerprint density at radius 2 is 1.86 bits per heavy atom. The molecule has 0 aliphatic carbocycles. The van der Waals surface area contributed by atoms with Crippen molar-refractivity contribution in [2.75, 3.05) is 11.5 Å². The molecule has 0 spiro atoms. The maximum Gasteiger partial charge on any atom is 0.301 e. The largest absolute Gasteiger partial charge is 0.507 e. The summed E-state index contributed by atoms with van der Waals surface area (Å²) in [6, 6.07) is 20.1. The van der Waals surface area contributed by atoms with E-state index in [1.807, 2.05) is 0 Å². The standard InChI is InChI=1S/C27H19ClN2O4S/c1-2-14-34-19-11-8-16(9-12-19)23-22(24(31)17-6-4-3-5-7-17)25(32)26(33)30(23)27-29-20-13-10-18(28)15-21(20)35-27/h2-13,15,23,31H,1,14H2/b24-22+. The van der Waals surface area contributed by atoms with Crippen LogP contribution in [0.1, 0.15) is 17.2 Å². The molecule has 4 aromatic rings. The highest BCUT2D eigenvalue weighted by molar-refractivity contribution is 7.22. The number of rotatable bonds is 6. The summed E-state index contributed by atoms with van der Waals surface area (Å²) in [6.45, 7) is 3.99. The normalized spacial score (nSPS) is 17.2. The minimum Gasteiger partial charge on any atom is -0.507 e. The van der Waals surface area contributed by atoms with Gasteiger partial charge in [0.1, 0.15) is 18.1 Å². The van der Waals surface area contributed by atoms with Crippen LogP contribution in [0.5, 0.6) is 5.75 Å². The first-order valence-corrected chi connectivity index (χ1v) is 11.9. The molecule has 1 saturated heterocycles. The Balaban J connectivity index is 1.68. The van der Waals surface area contributed by atoms with Crippen LogP contribution in [0.3, 0.4) is 0 Å². The summed E-state index contributed by atoms with van der Waals surface area (Å²) in [7, 11) is 0. The van der Waals surface area contributed by atoms with Crippen molar-refractivity contribution in [3.05, 3.63) is 107 Å². The summed E-state index contributed by atoms with van der Waals surface area (Å²) in [6.07, 6.45) is 1.64. The molecule has 0 radical (unpaired) electrons. The highest BCUT2D eigenvalue weighted by Crippen LogP contribution is 2.44. The highest BCUT2D eigenvalue weighted by atomic mass is 35.5. The Morgan fingerprint density at radius 1 is 1.11 bits per heavy atom. The number of halogens is 1. The molecule has 1 amide bonds. The van der Waals surface area contributed by atoms with Gasteiger partial charge in [-0.3, -0.25) is 14.5 Å². The number of aliphatic hydroxyl groups excluding tert-OH is 1. The van der Waals surface area contributed by atoms with Gasteiger partial charge in [-0.15, -0.1) is 0 Å². The molecule has 1 atom stereocenters. The average Bonchev–Trinajstić information content (AvgIpc) is 3.40. The number of nitrogens with zero attached hydrogens (tertiary/aromatic N) is 2. The lowest BCUT2D eigenvalue weighted by Crippen LogP contribution is -2.29. The number of amides is 1. The molecular formula is C27H19ClN2O4S. The molecule has 1 fully saturated rings. The van der Waals surface area contributed by atoms with E-state index in [1.54, 1.807) is 78.9 Å². The fraction of sp³-hybridized carbons (Fsp3) is 0.0741. The summed E-state index contributed by atoms with van der Waals surface area (Å²) in [5.74, 6) is -1.17. The van der Waals surface area contributed by atoms with Crippen molar-refractivity contribution < 1.29 is 19.4 Å². The predicted molar refractivity (Wildman–Crippen MR) is 138 cm³/mol. The molecular weight excluding hydrogens is 484 g/mol. The molecule has 1 aromatic heterocycles. The lowest BCUT2D eigenvalue weighted by Gasteiger charge is -2.23. The highest BCUT2D eigenvalue weighted by Gasteiger charge is 2.48. The number of ether oxygens (including phenoxy) is 1. The first-order chi connectivity index (χ1) is 17.0. The minimum atomic E-state index is -0.875. The van der Waals surface area contributed by atoms with E-state index in [2.05, 4.69) is 11.6 Å². The summed E-state index contributed by atoms with van der Waals surface area (Å²) in [5.41, 5.74) is 1.73. The third-order valence-corrected chi connectivity index (χ3v) is 6.85. The molecule has 0 bridgehead atoms. The van der Waals surface area contributed by atoms with Crippen molar-refractivity contribution in [3.8, 4) is 5.75 Å². The van der Waals surface area contributed by atoms with Crippen LogP contribution >= 0.6 is 22.9 Å². The Labute approximate surface area is 210 Å². The van der Waals surface area contributed by atoms with Crippen LogP contribution in [0.2, 0.25) is 5.02 Å². The number of Topliss-reactive ketones (excluding diaryl/α,β-unsaturated/α-hetero) is 1. The first kappa shape index (κ1) is 22.8. The minimum absolute atomic E-state index is 0.00162. The van der Waals surface area contributed by atoms with Gasteiger partial charge in [-0.05, 0) is 35.9 Å². The van der Waals surface area contributed by atoms with Gasteiger partial charge in [-0.2, -0.15) is 0 Å². The van der Waals surface area contributed by atoms with Crippen LogP contribution in [0.15, 0.2) is 91.0 Å². The molecule has 2 heterocycles. The maximum absolute atomic E-state index is 13.3. The Kier molecular flexibility index (Phi) is 6.11. The van der Waals surface area contributed by atoms with E-state index >= 15 is 0 Å².